The van der Waals surface area contributed by atoms with Crippen LogP contribution in [0.3, 0.4) is 0 Å². The van der Waals surface area contributed by atoms with E-state index in [0.717, 1.165) is 0 Å². The lowest BCUT2D eigenvalue weighted by Gasteiger charge is -2.16. The molecule has 4 bridgehead atoms. The molecule has 0 aliphatic carbocycles. The van der Waals surface area contributed by atoms with Gasteiger partial charge in [0.15, 0.2) is 0 Å². The number of carbonyl (C=O) groups excluding carboxylic acids is 4. The van der Waals surface area contributed by atoms with Crippen molar-refractivity contribution in [2.24, 2.45) is 0 Å². The average molecular weight is 370 g/mol. The molecule has 0 spiro atoms. The van der Waals surface area contributed by atoms with Crippen LogP contribution < -0.4 is 0 Å². The van der Waals surface area contributed by atoms with E-state index in [0.29, 0.717) is 22.3 Å². The van der Waals surface area contributed by atoms with Crippen molar-refractivity contribution < 1.29 is 28.7 Å². The highest BCUT2D eigenvalue weighted by Crippen LogP contribution is 2.40. The number of hydrogen-bond acceptors (Lipinski definition) is 6. The fourth-order valence-corrected chi connectivity index (χ4v) is 3.57. The summed E-state index contributed by atoms with van der Waals surface area (Å²) in [7, 11) is 0. The van der Waals surface area contributed by atoms with Gasteiger partial charge in [0.2, 0.25) is 0 Å². The predicted molar refractivity (Wildman–Crippen MR) is 96.8 cm³/mol. The Morgan fingerprint density at radius 1 is 0.464 bits per heavy atom. The van der Waals surface area contributed by atoms with Crippen LogP contribution in [0.4, 0.5) is 0 Å². The highest BCUT2D eigenvalue weighted by molar-refractivity contribution is 6.19. The van der Waals surface area contributed by atoms with E-state index in [1.165, 1.54) is 18.2 Å². The van der Waals surface area contributed by atoms with Gasteiger partial charge in [0.05, 0.1) is 22.3 Å². The first-order chi connectivity index (χ1) is 13.5. The molecule has 2 aliphatic rings. The quantitative estimate of drug-likeness (QED) is 0.480. The molecule has 6 nitrogen and oxygen atoms in total. The maximum absolute atomic E-state index is 12.9. The first-order valence-corrected chi connectivity index (χ1v) is 8.44. The number of esters is 4. The maximum atomic E-state index is 12.9. The second-order valence-electron chi connectivity index (χ2n) is 6.39. The van der Waals surface area contributed by atoms with Crippen LogP contribution in [0.2, 0.25) is 0 Å². The van der Waals surface area contributed by atoms with Crippen molar-refractivity contribution in [1.82, 2.24) is 0 Å². The van der Waals surface area contributed by atoms with Gasteiger partial charge in [-0.1, -0.05) is 42.5 Å². The summed E-state index contributed by atoms with van der Waals surface area (Å²) in [6, 6.07) is 16.5. The van der Waals surface area contributed by atoms with Crippen LogP contribution in [0.25, 0.3) is 22.3 Å². The number of fused-ring (bicyclic) bond motifs is 5. The maximum Gasteiger partial charge on any atom is 0.347 e. The number of cyclic esters (lactones) is 2. The minimum atomic E-state index is -0.981. The van der Waals surface area contributed by atoms with Crippen LogP contribution in [0.15, 0.2) is 60.7 Å². The van der Waals surface area contributed by atoms with E-state index in [1.807, 2.05) is 6.07 Å². The zero-order chi connectivity index (χ0) is 19.4. The summed E-state index contributed by atoms with van der Waals surface area (Å²) in [6.07, 6.45) is 0. The summed E-state index contributed by atoms with van der Waals surface area (Å²) in [5.74, 6) is -3.90. The Kier molecular flexibility index (Phi) is 3.30. The Morgan fingerprint density at radius 3 is 1.86 bits per heavy atom. The molecule has 0 N–H and O–H groups in total. The van der Waals surface area contributed by atoms with Crippen molar-refractivity contribution in [3.8, 4) is 22.3 Å². The van der Waals surface area contributed by atoms with Gasteiger partial charge in [-0.2, -0.15) is 0 Å². The lowest BCUT2D eigenvalue weighted by Crippen LogP contribution is -2.24. The van der Waals surface area contributed by atoms with Crippen molar-refractivity contribution in [1.29, 1.82) is 0 Å². The monoisotopic (exact) mass is 370 g/mol. The van der Waals surface area contributed by atoms with Crippen LogP contribution in [0.5, 0.6) is 0 Å². The lowest BCUT2D eigenvalue weighted by atomic mass is 9.87. The molecular formula is C22H10O6. The second kappa shape index (κ2) is 5.72. The molecule has 2 heterocycles. The number of carbonyl (C=O) groups is 4. The molecule has 3 aromatic rings. The topological polar surface area (TPSA) is 86.7 Å². The molecule has 0 atom stereocenters. The largest absolute Gasteiger partial charge is 0.386 e. The van der Waals surface area contributed by atoms with E-state index in [4.69, 9.17) is 9.47 Å². The van der Waals surface area contributed by atoms with E-state index >= 15 is 0 Å². The SMILES string of the molecule is O=C1OC(=O)c2ccc3c(-c4ccccc4)c2C(=O)OC(=O)c2cc-3ccc21. The zero-order valence-electron chi connectivity index (χ0n) is 14.2. The molecular weight excluding hydrogens is 360 g/mol. The average Bonchev–Trinajstić information content (AvgIpc) is 2.75. The molecule has 0 saturated carbocycles. The van der Waals surface area contributed by atoms with Crippen molar-refractivity contribution in [3.63, 3.8) is 0 Å². The molecule has 0 radical (unpaired) electrons. The Hall–Kier alpha value is -4.06. The highest BCUT2D eigenvalue weighted by Gasteiger charge is 2.35. The van der Waals surface area contributed by atoms with Gasteiger partial charge in [0.1, 0.15) is 0 Å². The van der Waals surface area contributed by atoms with Crippen LogP contribution in [-0.2, 0) is 9.47 Å². The number of benzene rings is 3. The Bertz CT molecular complexity index is 1220. The highest BCUT2D eigenvalue weighted by atomic mass is 16.6. The van der Waals surface area contributed by atoms with E-state index in [2.05, 4.69) is 0 Å². The van der Waals surface area contributed by atoms with Crippen LogP contribution in [0.1, 0.15) is 41.4 Å². The van der Waals surface area contributed by atoms with E-state index in [1.54, 1.807) is 36.4 Å². The third kappa shape index (κ3) is 2.21. The summed E-state index contributed by atoms with van der Waals surface area (Å²) in [4.78, 5) is 50.6. The molecule has 0 unspecified atom stereocenters. The van der Waals surface area contributed by atoms with Crippen LogP contribution in [-0.4, -0.2) is 23.9 Å². The standard InChI is InChI=1S/C22H10O6/c23-19-14-7-6-12-10-16(14)21(25)28-22(26)18-15(20(24)27-19)9-8-13(12)17(18)11-4-2-1-3-5-11/h1-10H. The van der Waals surface area contributed by atoms with E-state index < -0.39 is 23.9 Å². The summed E-state index contributed by atoms with van der Waals surface area (Å²) >= 11 is 0. The van der Waals surface area contributed by atoms with Gasteiger partial charge in [-0.3, -0.25) is 0 Å². The Balaban J connectivity index is 2.01. The number of ether oxygens (including phenoxy) is 2. The van der Waals surface area contributed by atoms with Gasteiger partial charge >= 0.3 is 23.9 Å². The third-order valence-electron chi connectivity index (χ3n) is 4.83. The molecule has 0 aromatic heterocycles. The molecule has 0 amide bonds. The molecule has 6 heteroatoms. The molecule has 28 heavy (non-hydrogen) atoms. The zero-order valence-corrected chi connectivity index (χ0v) is 14.2. The van der Waals surface area contributed by atoms with E-state index in [-0.39, 0.29) is 22.3 Å². The van der Waals surface area contributed by atoms with Crippen molar-refractivity contribution in [2.75, 3.05) is 0 Å². The molecule has 2 aliphatic heterocycles. The van der Waals surface area contributed by atoms with Gasteiger partial charge < -0.3 is 9.47 Å². The van der Waals surface area contributed by atoms with Crippen LogP contribution >= 0.6 is 0 Å². The summed E-state index contributed by atoms with van der Waals surface area (Å²) in [6.45, 7) is 0. The molecule has 134 valence electrons. The van der Waals surface area contributed by atoms with Gasteiger partial charge in [0.25, 0.3) is 0 Å². The van der Waals surface area contributed by atoms with Gasteiger partial charge in [-0.05, 0) is 34.9 Å². The summed E-state index contributed by atoms with van der Waals surface area (Å²) in [5, 5.41) is 0. The Morgan fingerprint density at radius 2 is 1.07 bits per heavy atom. The summed E-state index contributed by atoms with van der Waals surface area (Å²) in [5.41, 5.74) is 1.81. The molecule has 0 fully saturated rings. The minimum absolute atomic E-state index is 0.110. The lowest BCUT2D eigenvalue weighted by molar-refractivity contribution is 0.0334. The number of hydrogen-bond donors (Lipinski definition) is 0. The fraction of sp³-hybridized carbons (Fsp3) is 0. The second-order valence-corrected chi connectivity index (χ2v) is 6.39. The summed E-state index contributed by atoms with van der Waals surface area (Å²) < 4.78 is 9.98. The predicted octanol–water partition coefficient (Wildman–Crippen LogP) is 3.64. The minimum Gasteiger partial charge on any atom is -0.386 e. The van der Waals surface area contributed by atoms with Gasteiger partial charge in [0, 0.05) is 5.56 Å². The van der Waals surface area contributed by atoms with Crippen LogP contribution in [0, 0.1) is 0 Å². The van der Waals surface area contributed by atoms with Crippen molar-refractivity contribution in [3.05, 3.63) is 82.9 Å². The molecule has 5 rings (SSSR count). The smallest absolute Gasteiger partial charge is 0.347 e. The van der Waals surface area contributed by atoms with Gasteiger partial charge in [-0.25, -0.2) is 19.2 Å². The fourth-order valence-electron chi connectivity index (χ4n) is 3.57. The van der Waals surface area contributed by atoms with Gasteiger partial charge in [-0.15, -0.1) is 0 Å². The van der Waals surface area contributed by atoms with E-state index in [9.17, 15) is 19.2 Å². The third-order valence-corrected chi connectivity index (χ3v) is 4.83. The number of rotatable bonds is 1. The molecule has 0 saturated heterocycles. The molecule has 3 aromatic carbocycles. The van der Waals surface area contributed by atoms with Crippen molar-refractivity contribution in [2.45, 2.75) is 0 Å². The normalized spacial score (nSPS) is 14.6. The Labute approximate surface area is 158 Å². The first kappa shape index (κ1) is 16.1. The first-order valence-electron chi connectivity index (χ1n) is 8.44. The van der Waals surface area contributed by atoms with Crippen molar-refractivity contribution >= 4 is 23.9 Å².